The highest BCUT2D eigenvalue weighted by atomic mass is 14.8. The highest BCUT2D eigenvalue weighted by Crippen LogP contribution is 2.35. The summed E-state index contributed by atoms with van der Waals surface area (Å²) in [6, 6.07) is 6.73. The van der Waals surface area contributed by atoms with Gasteiger partial charge in [0.1, 0.15) is 0 Å². The number of unbranched alkanes of at least 4 members (excludes halogenated alkanes) is 3. The Morgan fingerprint density at radius 2 is 1.64 bits per heavy atom. The molecule has 0 amide bonds. The Bertz CT molecular complexity index is 690. The second-order valence-corrected chi connectivity index (χ2v) is 8.42. The Balaban J connectivity index is 2.28. The van der Waals surface area contributed by atoms with Crippen LogP contribution in [0, 0.1) is 0 Å². The third kappa shape index (κ3) is 4.59. The average molecular weight is 341 g/mol. The largest absolute Gasteiger partial charge is 0.253 e. The van der Waals surface area contributed by atoms with Crippen LogP contribution in [0.4, 0.5) is 0 Å². The van der Waals surface area contributed by atoms with E-state index in [1.54, 1.807) is 0 Å². The number of rotatable bonds is 9. The van der Waals surface area contributed by atoms with Crippen LogP contribution in [0.15, 0.2) is 24.4 Å². The molecule has 0 N–H and O–H groups in total. The van der Waals surface area contributed by atoms with E-state index in [-0.39, 0.29) is 10.8 Å². The van der Waals surface area contributed by atoms with Gasteiger partial charge in [0.2, 0.25) is 0 Å². The van der Waals surface area contributed by atoms with E-state index in [4.69, 9.17) is 9.97 Å². The second-order valence-electron chi connectivity index (χ2n) is 8.42. The molecule has 0 aliphatic carbocycles. The molecule has 1 aromatic carbocycles. The van der Waals surface area contributed by atoms with E-state index in [2.05, 4.69) is 59.7 Å². The van der Waals surface area contributed by atoms with Crippen molar-refractivity contribution in [3.63, 3.8) is 0 Å². The molecule has 1 unspecified atom stereocenters. The van der Waals surface area contributed by atoms with Gasteiger partial charge in [0.25, 0.3) is 0 Å². The Labute approximate surface area is 154 Å². The van der Waals surface area contributed by atoms with E-state index < -0.39 is 0 Å². The first-order valence-electron chi connectivity index (χ1n) is 10.1. The van der Waals surface area contributed by atoms with Gasteiger partial charge in [-0.2, -0.15) is 0 Å². The zero-order valence-corrected chi connectivity index (χ0v) is 17.2. The fourth-order valence-electron chi connectivity index (χ4n) is 3.36. The fraction of sp³-hybridized carbons (Fsp3) is 0.652. The molecule has 0 saturated heterocycles. The topological polar surface area (TPSA) is 25.8 Å². The van der Waals surface area contributed by atoms with Crippen LogP contribution in [0.3, 0.4) is 0 Å². The lowest BCUT2D eigenvalue weighted by Crippen LogP contribution is -2.21. The molecule has 0 aliphatic heterocycles. The molecule has 0 saturated carbocycles. The zero-order valence-electron chi connectivity index (χ0n) is 17.2. The SMILES string of the molecule is CCCCCCC(C)(CC)c1ccc2nc(C(C)(C)CC)cnc2c1. The van der Waals surface area contributed by atoms with Crippen molar-refractivity contribution >= 4 is 11.0 Å². The van der Waals surface area contributed by atoms with Crippen molar-refractivity contribution in [3.8, 4) is 0 Å². The molecular formula is C23H36N2. The van der Waals surface area contributed by atoms with Gasteiger partial charge < -0.3 is 0 Å². The molecule has 0 fully saturated rings. The van der Waals surface area contributed by atoms with Crippen LogP contribution in [0.1, 0.15) is 97.7 Å². The predicted octanol–water partition coefficient (Wildman–Crippen LogP) is 6.96. The first-order valence-corrected chi connectivity index (χ1v) is 10.1. The summed E-state index contributed by atoms with van der Waals surface area (Å²) in [6.07, 6.45) is 10.8. The summed E-state index contributed by atoms with van der Waals surface area (Å²) in [7, 11) is 0. The first kappa shape index (κ1) is 19.9. The summed E-state index contributed by atoms with van der Waals surface area (Å²) in [4.78, 5) is 9.64. The van der Waals surface area contributed by atoms with Gasteiger partial charge in [0.15, 0.2) is 0 Å². The molecule has 0 aliphatic rings. The lowest BCUT2D eigenvalue weighted by atomic mass is 9.76. The quantitative estimate of drug-likeness (QED) is 0.461. The summed E-state index contributed by atoms with van der Waals surface area (Å²) in [5, 5.41) is 0. The van der Waals surface area contributed by atoms with Crippen LogP contribution < -0.4 is 0 Å². The number of benzene rings is 1. The molecule has 2 rings (SSSR count). The number of nitrogens with zero attached hydrogens (tertiary/aromatic N) is 2. The summed E-state index contributed by atoms with van der Waals surface area (Å²) in [5.74, 6) is 0. The molecule has 1 atom stereocenters. The van der Waals surface area contributed by atoms with Crippen LogP contribution >= 0.6 is 0 Å². The number of aromatic nitrogens is 2. The number of fused-ring (bicyclic) bond motifs is 1. The van der Waals surface area contributed by atoms with Crippen molar-refractivity contribution in [2.45, 2.75) is 97.3 Å². The average Bonchev–Trinajstić information content (AvgIpc) is 2.64. The third-order valence-corrected chi connectivity index (χ3v) is 6.18. The normalized spacial score (nSPS) is 14.6. The summed E-state index contributed by atoms with van der Waals surface area (Å²) in [6.45, 7) is 13.7. The van der Waals surface area contributed by atoms with Crippen LogP contribution in [0.5, 0.6) is 0 Å². The van der Waals surface area contributed by atoms with E-state index in [1.807, 2.05) is 6.20 Å². The van der Waals surface area contributed by atoms with Crippen LogP contribution in [0.25, 0.3) is 11.0 Å². The lowest BCUT2D eigenvalue weighted by Gasteiger charge is -2.29. The van der Waals surface area contributed by atoms with Crippen molar-refractivity contribution < 1.29 is 0 Å². The second kappa shape index (κ2) is 8.29. The lowest BCUT2D eigenvalue weighted by molar-refractivity contribution is 0.396. The first-order chi connectivity index (χ1) is 11.9. The summed E-state index contributed by atoms with van der Waals surface area (Å²) < 4.78 is 0. The van der Waals surface area contributed by atoms with Gasteiger partial charge in [-0.25, -0.2) is 4.98 Å². The smallest absolute Gasteiger partial charge is 0.0890 e. The van der Waals surface area contributed by atoms with Gasteiger partial charge in [0.05, 0.1) is 16.7 Å². The third-order valence-electron chi connectivity index (χ3n) is 6.18. The van der Waals surface area contributed by atoms with Gasteiger partial charge >= 0.3 is 0 Å². The fourth-order valence-corrected chi connectivity index (χ4v) is 3.36. The van der Waals surface area contributed by atoms with E-state index in [9.17, 15) is 0 Å². The standard InChI is InChI=1S/C23H36N2/c1-7-10-11-12-15-23(6,9-3)18-13-14-19-20(16-18)24-17-21(25-19)22(4,5)8-2/h13-14,16-17H,7-12,15H2,1-6H3. The minimum absolute atomic E-state index is 0.0804. The van der Waals surface area contributed by atoms with E-state index in [0.717, 1.165) is 23.1 Å². The van der Waals surface area contributed by atoms with Crippen molar-refractivity contribution in [2.24, 2.45) is 0 Å². The van der Waals surface area contributed by atoms with Crippen molar-refractivity contribution in [1.82, 2.24) is 9.97 Å². The number of hydrogen-bond acceptors (Lipinski definition) is 2. The zero-order chi connectivity index (χ0) is 18.5. The van der Waals surface area contributed by atoms with Crippen LogP contribution in [-0.2, 0) is 10.8 Å². The highest BCUT2D eigenvalue weighted by Gasteiger charge is 2.25. The van der Waals surface area contributed by atoms with Gasteiger partial charge in [-0.3, -0.25) is 4.98 Å². The van der Waals surface area contributed by atoms with E-state index in [0.29, 0.717) is 0 Å². The maximum atomic E-state index is 4.89. The van der Waals surface area contributed by atoms with Crippen molar-refractivity contribution in [3.05, 3.63) is 35.7 Å². The van der Waals surface area contributed by atoms with E-state index >= 15 is 0 Å². The molecule has 1 aromatic heterocycles. The van der Waals surface area contributed by atoms with Gasteiger partial charge in [-0.1, -0.05) is 73.3 Å². The van der Waals surface area contributed by atoms with E-state index in [1.165, 1.54) is 44.1 Å². The molecule has 2 nitrogen and oxygen atoms in total. The molecule has 0 radical (unpaired) electrons. The molecule has 138 valence electrons. The van der Waals surface area contributed by atoms with Crippen LogP contribution in [-0.4, -0.2) is 9.97 Å². The molecule has 2 heteroatoms. The molecule has 0 bridgehead atoms. The maximum Gasteiger partial charge on any atom is 0.0890 e. The minimum Gasteiger partial charge on any atom is -0.253 e. The Morgan fingerprint density at radius 1 is 0.880 bits per heavy atom. The molecule has 1 heterocycles. The van der Waals surface area contributed by atoms with Gasteiger partial charge in [-0.15, -0.1) is 0 Å². The van der Waals surface area contributed by atoms with Gasteiger partial charge in [-0.05, 0) is 42.4 Å². The monoisotopic (exact) mass is 340 g/mol. The highest BCUT2D eigenvalue weighted by molar-refractivity contribution is 5.75. The maximum absolute atomic E-state index is 4.89. The summed E-state index contributed by atoms with van der Waals surface area (Å²) >= 11 is 0. The summed E-state index contributed by atoms with van der Waals surface area (Å²) in [5.41, 5.74) is 4.87. The van der Waals surface area contributed by atoms with Crippen molar-refractivity contribution in [2.75, 3.05) is 0 Å². The van der Waals surface area contributed by atoms with Crippen molar-refractivity contribution in [1.29, 1.82) is 0 Å². The Hall–Kier alpha value is -1.44. The molecule has 25 heavy (non-hydrogen) atoms. The van der Waals surface area contributed by atoms with Crippen LogP contribution in [0.2, 0.25) is 0 Å². The predicted molar refractivity (Wildman–Crippen MR) is 109 cm³/mol. The Morgan fingerprint density at radius 3 is 2.28 bits per heavy atom. The molecule has 0 spiro atoms. The molecular weight excluding hydrogens is 304 g/mol. The van der Waals surface area contributed by atoms with Gasteiger partial charge in [0, 0.05) is 11.6 Å². The molecule has 2 aromatic rings. The number of hydrogen-bond donors (Lipinski definition) is 0. The minimum atomic E-state index is 0.0804. The Kier molecular flexibility index (Phi) is 6.59.